The fourth-order valence-electron chi connectivity index (χ4n) is 1.48. The standard InChI is InChI=1S/C12H17NO/c1-12(2,3)14-10-5-4-8-13-11(10)9-6-7-9/h4-5,8-9H,6-7H2,1-3H3. The molecule has 1 saturated carbocycles. The molecule has 0 unspecified atom stereocenters. The van der Waals surface area contributed by atoms with E-state index in [-0.39, 0.29) is 5.60 Å². The topological polar surface area (TPSA) is 22.1 Å². The Hall–Kier alpha value is -1.05. The minimum absolute atomic E-state index is 0.132. The van der Waals surface area contributed by atoms with Gasteiger partial charge in [-0.15, -0.1) is 0 Å². The average Bonchev–Trinajstić information content (AvgIpc) is 2.85. The van der Waals surface area contributed by atoms with Crippen molar-refractivity contribution >= 4 is 0 Å². The lowest BCUT2D eigenvalue weighted by Gasteiger charge is -2.22. The van der Waals surface area contributed by atoms with Gasteiger partial charge in [-0.1, -0.05) is 0 Å². The van der Waals surface area contributed by atoms with Crippen molar-refractivity contribution in [2.75, 3.05) is 0 Å². The van der Waals surface area contributed by atoms with Gasteiger partial charge in [0.1, 0.15) is 11.4 Å². The minimum Gasteiger partial charge on any atom is -0.486 e. The van der Waals surface area contributed by atoms with Gasteiger partial charge in [0.2, 0.25) is 0 Å². The monoisotopic (exact) mass is 191 g/mol. The van der Waals surface area contributed by atoms with Gasteiger partial charge in [-0.05, 0) is 45.7 Å². The fourth-order valence-corrected chi connectivity index (χ4v) is 1.48. The van der Waals surface area contributed by atoms with Crippen molar-refractivity contribution in [3.63, 3.8) is 0 Å². The van der Waals surface area contributed by atoms with Crippen LogP contribution in [-0.2, 0) is 0 Å². The van der Waals surface area contributed by atoms with E-state index in [9.17, 15) is 0 Å². The van der Waals surface area contributed by atoms with Gasteiger partial charge in [0.15, 0.2) is 0 Å². The van der Waals surface area contributed by atoms with Crippen LogP contribution in [0, 0.1) is 0 Å². The molecule has 0 aromatic carbocycles. The summed E-state index contributed by atoms with van der Waals surface area (Å²) in [6.07, 6.45) is 4.37. The molecule has 1 fully saturated rings. The molecular weight excluding hydrogens is 174 g/mol. The summed E-state index contributed by atoms with van der Waals surface area (Å²) >= 11 is 0. The van der Waals surface area contributed by atoms with Crippen LogP contribution in [0.3, 0.4) is 0 Å². The maximum Gasteiger partial charge on any atom is 0.141 e. The molecule has 1 heterocycles. The number of aromatic nitrogens is 1. The van der Waals surface area contributed by atoms with E-state index in [1.54, 1.807) is 0 Å². The highest BCUT2D eigenvalue weighted by atomic mass is 16.5. The molecule has 0 spiro atoms. The molecule has 0 bridgehead atoms. The van der Waals surface area contributed by atoms with Crippen LogP contribution in [0.2, 0.25) is 0 Å². The van der Waals surface area contributed by atoms with Crippen LogP contribution in [0.1, 0.15) is 45.2 Å². The van der Waals surface area contributed by atoms with Gasteiger partial charge in [0.05, 0.1) is 5.69 Å². The molecule has 0 aliphatic heterocycles. The minimum atomic E-state index is -0.132. The van der Waals surface area contributed by atoms with Crippen molar-refractivity contribution < 1.29 is 4.74 Å². The summed E-state index contributed by atoms with van der Waals surface area (Å²) in [5.74, 6) is 1.61. The number of nitrogens with zero attached hydrogens (tertiary/aromatic N) is 1. The van der Waals surface area contributed by atoms with E-state index >= 15 is 0 Å². The molecule has 14 heavy (non-hydrogen) atoms. The van der Waals surface area contributed by atoms with Gasteiger partial charge in [0.25, 0.3) is 0 Å². The Kier molecular flexibility index (Phi) is 2.22. The second-order valence-electron chi connectivity index (χ2n) is 4.88. The van der Waals surface area contributed by atoms with E-state index in [1.165, 1.54) is 12.8 Å². The largest absolute Gasteiger partial charge is 0.486 e. The molecule has 1 aromatic rings. The van der Waals surface area contributed by atoms with Crippen LogP contribution in [0.15, 0.2) is 18.3 Å². The second kappa shape index (κ2) is 3.26. The van der Waals surface area contributed by atoms with Gasteiger partial charge < -0.3 is 4.74 Å². The van der Waals surface area contributed by atoms with Crippen molar-refractivity contribution in [2.45, 2.75) is 45.1 Å². The van der Waals surface area contributed by atoms with Gasteiger partial charge >= 0.3 is 0 Å². The van der Waals surface area contributed by atoms with Crippen LogP contribution in [0.5, 0.6) is 5.75 Å². The van der Waals surface area contributed by atoms with E-state index in [2.05, 4.69) is 25.8 Å². The SMILES string of the molecule is CC(C)(C)Oc1cccnc1C1CC1. The van der Waals surface area contributed by atoms with Gasteiger partial charge in [-0.25, -0.2) is 0 Å². The highest BCUT2D eigenvalue weighted by Gasteiger charge is 2.29. The van der Waals surface area contributed by atoms with Gasteiger partial charge in [0, 0.05) is 12.1 Å². The molecule has 2 heteroatoms. The summed E-state index contributed by atoms with van der Waals surface area (Å²) in [5.41, 5.74) is 1.01. The van der Waals surface area contributed by atoms with Crippen LogP contribution >= 0.6 is 0 Å². The molecule has 0 radical (unpaired) electrons. The Balaban J connectivity index is 2.23. The van der Waals surface area contributed by atoms with Crippen molar-refractivity contribution in [3.8, 4) is 5.75 Å². The fraction of sp³-hybridized carbons (Fsp3) is 0.583. The molecule has 1 aromatic heterocycles. The predicted octanol–water partition coefficient (Wildman–Crippen LogP) is 3.14. The molecule has 2 nitrogen and oxygen atoms in total. The number of hydrogen-bond acceptors (Lipinski definition) is 2. The Bertz CT molecular complexity index is 323. The Morgan fingerprint density at radius 3 is 2.64 bits per heavy atom. The highest BCUT2D eigenvalue weighted by Crippen LogP contribution is 2.43. The molecule has 2 rings (SSSR count). The van der Waals surface area contributed by atoms with Crippen LogP contribution in [0.25, 0.3) is 0 Å². The summed E-state index contributed by atoms with van der Waals surface area (Å²) in [7, 11) is 0. The quantitative estimate of drug-likeness (QED) is 0.716. The predicted molar refractivity (Wildman–Crippen MR) is 56.6 cm³/mol. The van der Waals surface area contributed by atoms with Crippen LogP contribution < -0.4 is 4.74 Å². The van der Waals surface area contributed by atoms with Crippen LogP contribution in [-0.4, -0.2) is 10.6 Å². The maximum atomic E-state index is 5.87. The highest BCUT2D eigenvalue weighted by molar-refractivity contribution is 5.32. The van der Waals surface area contributed by atoms with E-state index in [0.29, 0.717) is 5.92 Å². The van der Waals surface area contributed by atoms with Crippen molar-refractivity contribution in [1.29, 1.82) is 0 Å². The first kappa shape index (κ1) is 9.50. The second-order valence-corrected chi connectivity index (χ2v) is 4.88. The number of rotatable bonds is 2. The third-order valence-electron chi connectivity index (χ3n) is 2.18. The van der Waals surface area contributed by atoms with Crippen molar-refractivity contribution in [3.05, 3.63) is 24.0 Å². The number of pyridine rings is 1. The first-order valence-corrected chi connectivity index (χ1v) is 5.20. The van der Waals surface area contributed by atoms with Crippen LogP contribution in [0.4, 0.5) is 0 Å². The molecule has 0 N–H and O–H groups in total. The van der Waals surface area contributed by atoms with Gasteiger partial charge in [-0.2, -0.15) is 0 Å². The molecular formula is C12H17NO. The summed E-state index contributed by atoms with van der Waals surface area (Å²) in [5, 5.41) is 0. The maximum absolute atomic E-state index is 5.87. The zero-order chi connectivity index (χ0) is 10.2. The van der Waals surface area contributed by atoms with E-state index in [4.69, 9.17) is 4.74 Å². The Labute approximate surface area is 85.3 Å². The third-order valence-corrected chi connectivity index (χ3v) is 2.18. The molecule has 1 aliphatic rings. The van der Waals surface area contributed by atoms with E-state index in [0.717, 1.165) is 11.4 Å². The summed E-state index contributed by atoms with van der Waals surface area (Å²) < 4.78 is 5.87. The third kappa shape index (κ3) is 2.25. The van der Waals surface area contributed by atoms with E-state index in [1.807, 2.05) is 18.3 Å². The first-order valence-electron chi connectivity index (χ1n) is 5.20. The molecule has 1 aliphatic carbocycles. The zero-order valence-corrected chi connectivity index (χ0v) is 9.08. The Morgan fingerprint density at radius 2 is 2.07 bits per heavy atom. The summed E-state index contributed by atoms with van der Waals surface area (Å²) in [4.78, 5) is 4.40. The molecule has 76 valence electrons. The number of hydrogen-bond donors (Lipinski definition) is 0. The lowest BCUT2D eigenvalue weighted by molar-refractivity contribution is 0.128. The lowest BCUT2D eigenvalue weighted by Crippen LogP contribution is -2.23. The Morgan fingerprint density at radius 1 is 1.36 bits per heavy atom. The smallest absolute Gasteiger partial charge is 0.141 e. The lowest BCUT2D eigenvalue weighted by atomic mass is 10.1. The van der Waals surface area contributed by atoms with E-state index < -0.39 is 0 Å². The first-order chi connectivity index (χ1) is 6.56. The summed E-state index contributed by atoms with van der Waals surface area (Å²) in [6, 6.07) is 3.96. The van der Waals surface area contributed by atoms with Crippen molar-refractivity contribution in [2.24, 2.45) is 0 Å². The zero-order valence-electron chi connectivity index (χ0n) is 9.08. The average molecular weight is 191 g/mol. The molecule has 0 atom stereocenters. The van der Waals surface area contributed by atoms with Crippen molar-refractivity contribution in [1.82, 2.24) is 4.98 Å². The molecule has 0 saturated heterocycles. The number of ether oxygens (including phenoxy) is 1. The van der Waals surface area contributed by atoms with Gasteiger partial charge in [-0.3, -0.25) is 4.98 Å². The summed E-state index contributed by atoms with van der Waals surface area (Å²) in [6.45, 7) is 6.20. The molecule has 0 amide bonds. The normalized spacial score (nSPS) is 16.8.